The Morgan fingerprint density at radius 3 is 0.636 bits per heavy atom. The Balaban J connectivity index is 0.000000227. The number of hydrogen-bond donors (Lipinski definition) is 0. The number of rotatable bonds is 2. The van der Waals surface area contributed by atoms with Crippen molar-refractivity contribution < 1.29 is 5.48 Å². The van der Waals surface area contributed by atoms with E-state index < -0.39 is 0 Å². The minimum absolute atomic E-state index is 0. The van der Waals surface area contributed by atoms with Crippen molar-refractivity contribution in [2.24, 2.45) is 0 Å². The summed E-state index contributed by atoms with van der Waals surface area (Å²) in [4.78, 5) is 0. The second kappa shape index (κ2) is 13.8. The highest BCUT2D eigenvalue weighted by Crippen LogP contribution is 2.37. The lowest BCUT2D eigenvalue weighted by atomic mass is 10.1. The SMILES string of the molecule is Brc1ccc(-c2ccc(Br)cc2Br)c(Br)c1.Brc1ccc(-c2ccc(Br)cc2Br)c(Br)c1.O. The van der Waals surface area contributed by atoms with Crippen molar-refractivity contribution in [2.75, 3.05) is 0 Å². The first-order valence-corrected chi connectivity index (χ1v) is 15.3. The van der Waals surface area contributed by atoms with Crippen LogP contribution in [0.3, 0.4) is 0 Å². The molecule has 4 aromatic carbocycles. The molecule has 2 N–H and O–H groups in total. The topological polar surface area (TPSA) is 31.5 Å². The van der Waals surface area contributed by atoms with Crippen molar-refractivity contribution in [3.05, 3.63) is 109 Å². The summed E-state index contributed by atoms with van der Waals surface area (Å²) < 4.78 is 8.56. The van der Waals surface area contributed by atoms with Gasteiger partial charge < -0.3 is 5.48 Å². The van der Waals surface area contributed by atoms with Crippen LogP contribution in [0.1, 0.15) is 0 Å². The van der Waals surface area contributed by atoms with Crippen LogP contribution >= 0.6 is 127 Å². The summed E-state index contributed by atoms with van der Waals surface area (Å²) in [5.41, 5.74) is 4.68. The molecule has 0 unspecified atom stereocenters. The summed E-state index contributed by atoms with van der Waals surface area (Å²) in [6.07, 6.45) is 0. The summed E-state index contributed by atoms with van der Waals surface area (Å²) in [6, 6.07) is 24.7. The molecule has 0 saturated carbocycles. The molecule has 0 saturated heterocycles. The molecule has 4 aromatic rings. The van der Waals surface area contributed by atoms with Gasteiger partial charge in [-0.2, -0.15) is 0 Å². The lowest BCUT2D eigenvalue weighted by molar-refractivity contribution is 0.824. The number of benzene rings is 4. The fourth-order valence-electron chi connectivity index (χ4n) is 2.83. The van der Waals surface area contributed by atoms with Gasteiger partial charge in [0, 0.05) is 35.8 Å². The molecule has 0 heterocycles. The monoisotopic (exact) mass is 949 g/mol. The fraction of sp³-hybridized carbons (Fsp3) is 0. The predicted molar refractivity (Wildman–Crippen MR) is 169 cm³/mol. The Morgan fingerprint density at radius 1 is 0.303 bits per heavy atom. The van der Waals surface area contributed by atoms with Crippen LogP contribution in [0.15, 0.2) is 109 Å². The van der Waals surface area contributed by atoms with Gasteiger partial charge in [-0.25, -0.2) is 0 Å². The highest BCUT2D eigenvalue weighted by molar-refractivity contribution is 9.12. The van der Waals surface area contributed by atoms with Gasteiger partial charge in [0.05, 0.1) is 0 Å². The molecule has 4 rings (SSSR count). The molecule has 9 heteroatoms. The van der Waals surface area contributed by atoms with E-state index in [2.05, 4.69) is 152 Å². The fourth-order valence-corrected chi connectivity index (χ4v) is 7.87. The van der Waals surface area contributed by atoms with E-state index >= 15 is 0 Å². The molecule has 172 valence electrons. The second-order valence-electron chi connectivity index (χ2n) is 6.50. The third-order valence-corrected chi connectivity index (χ3v) is 8.90. The molecule has 0 bridgehead atoms. The van der Waals surface area contributed by atoms with Gasteiger partial charge in [-0.05, 0) is 70.8 Å². The van der Waals surface area contributed by atoms with Crippen LogP contribution in [0.2, 0.25) is 0 Å². The Bertz CT molecular complexity index is 1080. The van der Waals surface area contributed by atoms with Gasteiger partial charge in [0.1, 0.15) is 0 Å². The van der Waals surface area contributed by atoms with E-state index in [4.69, 9.17) is 0 Å². The van der Waals surface area contributed by atoms with Crippen LogP contribution in [-0.4, -0.2) is 5.48 Å². The molecule has 0 amide bonds. The van der Waals surface area contributed by atoms with Gasteiger partial charge in [-0.15, -0.1) is 0 Å². The van der Waals surface area contributed by atoms with Crippen LogP contribution in [0, 0.1) is 0 Å². The molecule has 0 aliphatic rings. The van der Waals surface area contributed by atoms with E-state index in [9.17, 15) is 0 Å². The van der Waals surface area contributed by atoms with Gasteiger partial charge in [-0.1, -0.05) is 152 Å². The standard InChI is InChI=1S/2C12H6Br4.H2O/c2*13-7-1-3-9(11(15)5-7)10-4-2-8(14)6-12(10)16;/h2*1-6H;1H2. The van der Waals surface area contributed by atoms with Gasteiger partial charge in [0.15, 0.2) is 0 Å². The molecule has 0 aromatic heterocycles. The van der Waals surface area contributed by atoms with E-state index in [1.54, 1.807) is 0 Å². The lowest BCUT2D eigenvalue weighted by Crippen LogP contribution is -1.82. The minimum Gasteiger partial charge on any atom is -0.412 e. The van der Waals surface area contributed by atoms with Crippen molar-refractivity contribution >= 4 is 127 Å². The van der Waals surface area contributed by atoms with Crippen molar-refractivity contribution in [3.63, 3.8) is 0 Å². The highest BCUT2D eigenvalue weighted by Gasteiger charge is 2.08. The van der Waals surface area contributed by atoms with Crippen LogP contribution < -0.4 is 0 Å². The van der Waals surface area contributed by atoms with Crippen LogP contribution in [0.5, 0.6) is 0 Å². The van der Waals surface area contributed by atoms with E-state index in [1.165, 1.54) is 22.3 Å². The van der Waals surface area contributed by atoms with Gasteiger partial charge in [0.2, 0.25) is 0 Å². The molecule has 0 radical (unpaired) electrons. The van der Waals surface area contributed by atoms with Crippen LogP contribution in [-0.2, 0) is 0 Å². The largest absolute Gasteiger partial charge is 0.412 e. The van der Waals surface area contributed by atoms with E-state index in [-0.39, 0.29) is 5.48 Å². The smallest absolute Gasteiger partial charge is 0.0265 e. The highest BCUT2D eigenvalue weighted by atomic mass is 79.9. The maximum absolute atomic E-state index is 3.57. The summed E-state index contributed by atoms with van der Waals surface area (Å²) in [7, 11) is 0. The van der Waals surface area contributed by atoms with Crippen molar-refractivity contribution in [3.8, 4) is 22.3 Å². The van der Waals surface area contributed by atoms with E-state index in [0.29, 0.717) is 0 Å². The Labute approximate surface area is 260 Å². The molecule has 33 heavy (non-hydrogen) atoms. The maximum atomic E-state index is 3.57. The minimum atomic E-state index is 0. The first-order valence-electron chi connectivity index (χ1n) is 8.96. The van der Waals surface area contributed by atoms with Crippen molar-refractivity contribution in [1.82, 2.24) is 0 Å². The Morgan fingerprint density at radius 2 is 0.485 bits per heavy atom. The normalized spacial score (nSPS) is 10.2. The van der Waals surface area contributed by atoms with Crippen LogP contribution in [0.4, 0.5) is 0 Å². The van der Waals surface area contributed by atoms with Gasteiger partial charge in [0.25, 0.3) is 0 Å². The Kier molecular flexibility index (Phi) is 12.5. The van der Waals surface area contributed by atoms with Crippen molar-refractivity contribution in [2.45, 2.75) is 0 Å². The quantitative estimate of drug-likeness (QED) is 0.192. The third-order valence-electron chi connectivity index (χ3n) is 4.30. The first kappa shape index (κ1) is 29.9. The summed E-state index contributed by atoms with van der Waals surface area (Å²) in [5, 5.41) is 0. The molecule has 0 atom stereocenters. The third kappa shape index (κ3) is 8.35. The average Bonchev–Trinajstić information content (AvgIpc) is 2.70. The summed E-state index contributed by atoms with van der Waals surface area (Å²) >= 11 is 28.1. The van der Waals surface area contributed by atoms with Crippen LogP contribution in [0.25, 0.3) is 22.3 Å². The molecule has 0 aliphatic heterocycles. The zero-order valence-electron chi connectivity index (χ0n) is 16.5. The first-order chi connectivity index (χ1) is 15.2. The molecule has 0 fully saturated rings. The van der Waals surface area contributed by atoms with Gasteiger partial charge >= 0.3 is 0 Å². The maximum Gasteiger partial charge on any atom is 0.0265 e. The van der Waals surface area contributed by atoms with E-state index in [0.717, 1.165) is 35.8 Å². The van der Waals surface area contributed by atoms with Crippen molar-refractivity contribution in [1.29, 1.82) is 0 Å². The summed E-state index contributed by atoms with van der Waals surface area (Å²) in [6.45, 7) is 0. The zero-order valence-corrected chi connectivity index (χ0v) is 29.1. The number of halogens is 8. The van der Waals surface area contributed by atoms with E-state index in [1.807, 2.05) is 48.5 Å². The lowest BCUT2D eigenvalue weighted by Gasteiger charge is -2.08. The number of hydrogen-bond acceptors (Lipinski definition) is 0. The Hall–Kier alpha value is 0.680. The molecular formula is C24H14Br8O. The molecule has 1 nitrogen and oxygen atoms in total. The molecule has 0 aliphatic carbocycles. The summed E-state index contributed by atoms with van der Waals surface area (Å²) in [5.74, 6) is 0. The molecular weight excluding hydrogens is 943 g/mol. The molecule has 0 spiro atoms. The average molecular weight is 958 g/mol. The predicted octanol–water partition coefficient (Wildman–Crippen LogP) is 12.0. The zero-order chi connectivity index (χ0) is 23.4. The van der Waals surface area contributed by atoms with Gasteiger partial charge in [-0.3, -0.25) is 0 Å². The second-order valence-corrected chi connectivity index (χ2v) is 13.6.